The number of hydrogen-bond acceptors (Lipinski definition) is 3. The van der Waals surface area contributed by atoms with Crippen LogP contribution in [0.1, 0.15) is 27.0 Å². The number of carbonyl (C=O) groups excluding carboxylic acids is 1. The number of carbonyl (C=O) groups is 1. The smallest absolute Gasteiger partial charge is 0.253 e. The maximum absolute atomic E-state index is 12.5. The largest absolute Gasteiger partial charge is 0.493 e. The van der Waals surface area contributed by atoms with Crippen LogP contribution in [0.25, 0.3) is 0 Å². The van der Waals surface area contributed by atoms with E-state index in [1.54, 1.807) is 4.90 Å². The molecule has 2 aliphatic rings. The zero-order valence-electron chi connectivity index (χ0n) is 13.9. The summed E-state index contributed by atoms with van der Waals surface area (Å²) in [5, 5.41) is 0. The molecule has 4 heteroatoms. The molecule has 24 heavy (non-hydrogen) atoms. The normalized spacial score (nSPS) is 14.5. The van der Waals surface area contributed by atoms with Crippen molar-refractivity contribution in [2.45, 2.75) is 19.3 Å². The zero-order chi connectivity index (χ0) is 16.5. The molecule has 0 spiro atoms. The van der Waals surface area contributed by atoms with Gasteiger partial charge in [0.15, 0.2) is 0 Å². The molecule has 0 aliphatic carbocycles. The Morgan fingerprint density at radius 1 is 1.12 bits per heavy atom. The number of amides is 1. The van der Waals surface area contributed by atoms with Crippen LogP contribution in [0, 0.1) is 0 Å². The summed E-state index contributed by atoms with van der Waals surface area (Å²) in [7, 11) is 1.86. The molecule has 0 N–H and O–H groups in total. The molecule has 0 unspecified atom stereocenters. The third kappa shape index (κ3) is 2.62. The molecule has 0 atom stereocenters. The maximum atomic E-state index is 12.5. The quantitative estimate of drug-likeness (QED) is 0.868. The fraction of sp³-hybridized carbons (Fsp3) is 0.350. The summed E-state index contributed by atoms with van der Waals surface area (Å²) in [4.78, 5) is 14.3. The van der Waals surface area contributed by atoms with Crippen molar-refractivity contribution in [2.24, 2.45) is 0 Å². The van der Waals surface area contributed by atoms with Gasteiger partial charge in [-0.25, -0.2) is 0 Å². The summed E-state index contributed by atoms with van der Waals surface area (Å²) < 4.78 is 11.6. The van der Waals surface area contributed by atoms with E-state index >= 15 is 0 Å². The van der Waals surface area contributed by atoms with Crippen molar-refractivity contribution in [3.63, 3.8) is 0 Å². The molecular formula is C20H21NO3. The second kappa shape index (κ2) is 6.19. The summed E-state index contributed by atoms with van der Waals surface area (Å²) in [6, 6.07) is 11.5. The molecule has 1 amide bonds. The summed E-state index contributed by atoms with van der Waals surface area (Å²) in [5.74, 6) is 2.09. The molecule has 0 bridgehead atoms. The number of nitrogens with zero attached hydrogens (tertiary/aromatic N) is 1. The average Bonchev–Trinajstić information content (AvgIpc) is 3.27. The summed E-state index contributed by atoms with van der Waals surface area (Å²) in [6.07, 6.45) is 2.67. The van der Waals surface area contributed by atoms with Gasteiger partial charge in [0.2, 0.25) is 0 Å². The Morgan fingerprint density at radius 2 is 1.92 bits per heavy atom. The van der Waals surface area contributed by atoms with E-state index in [-0.39, 0.29) is 5.91 Å². The molecule has 0 aromatic heterocycles. The van der Waals surface area contributed by atoms with Gasteiger partial charge in [-0.3, -0.25) is 4.79 Å². The Kier molecular flexibility index (Phi) is 3.89. The highest BCUT2D eigenvalue weighted by Crippen LogP contribution is 2.40. The molecule has 0 fully saturated rings. The SMILES string of the molecule is CN(CCc1c2c(cc3c1OCC3)OCC2)C(=O)c1ccccc1. The Hall–Kier alpha value is -2.49. The van der Waals surface area contributed by atoms with Crippen LogP contribution in [0.5, 0.6) is 11.5 Å². The lowest BCUT2D eigenvalue weighted by atomic mass is 9.97. The molecule has 0 radical (unpaired) electrons. The molecule has 2 aliphatic heterocycles. The van der Waals surface area contributed by atoms with Crippen molar-refractivity contribution in [3.05, 3.63) is 58.7 Å². The lowest BCUT2D eigenvalue weighted by Gasteiger charge is -2.19. The van der Waals surface area contributed by atoms with Crippen LogP contribution in [0.4, 0.5) is 0 Å². The van der Waals surface area contributed by atoms with Gasteiger partial charge in [-0.15, -0.1) is 0 Å². The maximum Gasteiger partial charge on any atom is 0.253 e. The predicted octanol–water partition coefficient (Wildman–Crippen LogP) is 2.87. The van der Waals surface area contributed by atoms with E-state index in [9.17, 15) is 4.79 Å². The number of rotatable bonds is 4. The Labute approximate surface area is 142 Å². The number of hydrogen-bond donors (Lipinski definition) is 0. The molecule has 4 rings (SSSR count). The lowest BCUT2D eigenvalue weighted by Crippen LogP contribution is -2.29. The van der Waals surface area contributed by atoms with Crippen LogP contribution in [0.15, 0.2) is 36.4 Å². The number of fused-ring (bicyclic) bond motifs is 2. The minimum absolute atomic E-state index is 0.0528. The Balaban J connectivity index is 1.53. The Morgan fingerprint density at radius 3 is 2.75 bits per heavy atom. The first-order valence-corrected chi connectivity index (χ1v) is 8.48. The first kappa shape index (κ1) is 15.1. The standard InChI is InChI=1S/C20H21NO3/c1-21(20(22)14-5-3-2-4-6-14)10-7-17-16-9-12-23-18(16)13-15-8-11-24-19(15)17/h2-6,13H,7-12H2,1H3. The molecule has 2 aromatic carbocycles. The van der Waals surface area contributed by atoms with Crippen molar-refractivity contribution < 1.29 is 14.3 Å². The lowest BCUT2D eigenvalue weighted by molar-refractivity contribution is 0.0796. The third-order valence-electron chi connectivity index (χ3n) is 4.82. The third-order valence-corrected chi connectivity index (χ3v) is 4.82. The zero-order valence-corrected chi connectivity index (χ0v) is 13.9. The van der Waals surface area contributed by atoms with Gasteiger partial charge in [0.1, 0.15) is 11.5 Å². The number of ether oxygens (including phenoxy) is 2. The molecule has 0 saturated heterocycles. The highest BCUT2D eigenvalue weighted by Gasteiger charge is 2.26. The van der Waals surface area contributed by atoms with Gasteiger partial charge in [-0.2, -0.15) is 0 Å². The van der Waals surface area contributed by atoms with Crippen LogP contribution in [0.3, 0.4) is 0 Å². The monoisotopic (exact) mass is 323 g/mol. The van der Waals surface area contributed by atoms with Crippen molar-refractivity contribution >= 4 is 5.91 Å². The van der Waals surface area contributed by atoms with E-state index in [1.807, 2.05) is 37.4 Å². The fourth-order valence-electron chi connectivity index (χ4n) is 3.53. The summed E-state index contributed by atoms with van der Waals surface area (Å²) >= 11 is 0. The molecule has 2 aromatic rings. The Bertz CT molecular complexity index is 738. The van der Waals surface area contributed by atoms with E-state index in [4.69, 9.17) is 9.47 Å². The topological polar surface area (TPSA) is 38.8 Å². The minimum Gasteiger partial charge on any atom is -0.493 e. The summed E-state index contributed by atoms with van der Waals surface area (Å²) in [5.41, 5.74) is 4.45. The van der Waals surface area contributed by atoms with Gasteiger partial charge in [-0.1, -0.05) is 18.2 Å². The predicted molar refractivity (Wildman–Crippen MR) is 91.9 cm³/mol. The van der Waals surface area contributed by atoms with Crippen LogP contribution >= 0.6 is 0 Å². The van der Waals surface area contributed by atoms with Gasteiger partial charge in [0, 0.05) is 48.7 Å². The van der Waals surface area contributed by atoms with Crippen molar-refractivity contribution in [1.29, 1.82) is 0 Å². The van der Waals surface area contributed by atoms with Crippen LogP contribution in [-0.2, 0) is 19.3 Å². The highest BCUT2D eigenvalue weighted by molar-refractivity contribution is 5.94. The minimum atomic E-state index is 0.0528. The van der Waals surface area contributed by atoms with Gasteiger partial charge in [-0.05, 0) is 24.6 Å². The molecular weight excluding hydrogens is 302 g/mol. The fourth-order valence-corrected chi connectivity index (χ4v) is 3.53. The molecule has 124 valence electrons. The second-order valence-corrected chi connectivity index (χ2v) is 6.36. The molecule has 4 nitrogen and oxygen atoms in total. The summed E-state index contributed by atoms with van der Waals surface area (Å²) in [6.45, 7) is 2.15. The van der Waals surface area contributed by atoms with Gasteiger partial charge < -0.3 is 14.4 Å². The first-order chi connectivity index (χ1) is 11.7. The van der Waals surface area contributed by atoms with Crippen molar-refractivity contribution in [2.75, 3.05) is 26.8 Å². The van der Waals surface area contributed by atoms with Crippen LogP contribution < -0.4 is 9.47 Å². The van der Waals surface area contributed by atoms with Crippen molar-refractivity contribution in [3.8, 4) is 11.5 Å². The van der Waals surface area contributed by atoms with E-state index in [0.29, 0.717) is 6.54 Å². The van der Waals surface area contributed by atoms with E-state index in [2.05, 4.69) is 6.07 Å². The van der Waals surface area contributed by atoms with E-state index < -0.39 is 0 Å². The number of likely N-dealkylation sites (N-methyl/N-ethyl adjacent to an activating group) is 1. The second-order valence-electron chi connectivity index (χ2n) is 6.36. The van der Waals surface area contributed by atoms with Crippen LogP contribution in [0.2, 0.25) is 0 Å². The van der Waals surface area contributed by atoms with Gasteiger partial charge in [0.05, 0.1) is 13.2 Å². The first-order valence-electron chi connectivity index (χ1n) is 8.48. The van der Waals surface area contributed by atoms with Gasteiger partial charge >= 0.3 is 0 Å². The van der Waals surface area contributed by atoms with E-state index in [0.717, 1.165) is 49.5 Å². The van der Waals surface area contributed by atoms with Gasteiger partial charge in [0.25, 0.3) is 5.91 Å². The van der Waals surface area contributed by atoms with E-state index in [1.165, 1.54) is 16.7 Å². The molecule has 0 saturated carbocycles. The van der Waals surface area contributed by atoms with Crippen LogP contribution in [-0.4, -0.2) is 37.6 Å². The average molecular weight is 323 g/mol. The molecule has 2 heterocycles. The number of benzene rings is 2. The highest BCUT2D eigenvalue weighted by atomic mass is 16.5. The van der Waals surface area contributed by atoms with Crippen molar-refractivity contribution in [1.82, 2.24) is 4.90 Å².